The SMILES string of the molecule is CN(Cc1cnn(C)c1)c1ccc(S(N)(=O)=O)cc1N. The summed E-state index contributed by atoms with van der Waals surface area (Å²) in [6.45, 7) is 0.618. The van der Waals surface area contributed by atoms with Gasteiger partial charge in [-0.2, -0.15) is 5.10 Å². The van der Waals surface area contributed by atoms with Crippen LogP contribution >= 0.6 is 0 Å². The largest absolute Gasteiger partial charge is 0.397 e. The Bertz CT molecular complexity index is 723. The van der Waals surface area contributed by atoms with Gasteiger partial charge in [0.15, 0.2) is 0 Å². The van der Waals surface area contributed by atoms with Gasteiger partial charge in [0, 0.05) is 32.4 Å². The zero-order valence-electron chi connectivity index (χ0n) is 11.3. The molecule has 8 heteroatoms. The maximum Gasteiger partial charge on any atom is 0.238 e. The lowest BCUT2D eigenvalue weighted by molar-refractivity contribution is 0.598. The van der Waals surface area contributed by atoms with E-state index in [0.717, 1.165) is 11.3 Å². The van der Waals surface area contributed by atoms with Gasteiger partial charge in [0.25, 0.3) is 0 Å². The van der Waals surface area contributed by atoms with Crippen molar-refractivity contribution in [2.45, 2.75) is 11.4 Å². The fourth-order valence-electron chi connectivity index (χ4n) is 1.97. The number of hydrogen-bond donors (Lipinski definition) is 2. The molecule has 1 aromatic carbocycles. The number of aryl methyl sites for hydroxylation is 1. The van der Waals surface area contributed by atoms with Gasteiger partial charge in [-0.25, -0.2) is 13.6 Å². The summed E-state index contributed by atoms with van der Waals surface area (Å²) in [6.07, 6.45) is 3.68. The molecule has 0 radical (unpaired) electrons. The third kappa shape index (κ3) is 3.09. The predicted octanol–water partition coefficient (Wildman–Crippen LogP) is 0.286. The van der Waals surface area contributed by atoms with Crippen LogP contribution < -0.4 is 15.8 Å². The number of rotatable bonds is 4. The van der Waals surface area contributed by atoms with Gasteiger partial charge in [0.05, 0.1) is 22.5 Å². The van der Waals surface area contributed by atoms with E-state index < -0.39 is 10.0 Å². The molecule has 0 aliphatic rings. The first-order valence-electron chi connectivity index (χ1n) is 5.88. The van der Waals surface area contributed by atoms with Crippen LogP contribution in [0.3, 0.4) is 0 Å². The lowest BCUT2D eigenvalue weighted by Gasteiger charge is -2.20. The normalized spacial score (nSPS) is 11.6. The third-order valence-corrected chi connectivity index (χ3v) is 3.83. The van der Waals surface area contributed by atoms with Crippen LogP contribution in [0, 0.1) is 0 Å². The van der Waals surface area contributed by atoms with Crippen molar-refractivity contribution in [1.82, 2.24) is 9.78 Å². The van der Waals surface area contributed by atoms with Crippen molar-refractivity contribution < 1.29 is 8.42 Å². The molecule has 0 saturated heterocycles. The van der Waals surface area contributed by atoms with Crippen LogP contribution in [0.5, 0.6) is 0 Å². The zero-order valence-corrected chi connectivity index (χ0v) is 12.1. The number of sulfonamides is 1. The molecule has 1 aromatic heterocycles. The molecule has 0 aliphatic heterocycles. The number of benzene rings is 1. The van der Waals surface area contributed by atoms with Crippen LogP contribution in [-0.4, -0.2) is 25.2 Å². The third-order valence-electron chi connectivity index (χ3n) is 2.92. The average molecular weight is 295 g/mol. The summed E-state index contributed by atoms with van der Waals surface area (Å²) < 4.78 is 24.2. The molecule has 0 saturated carbocycles. The van der Waals surface area contributed by atoms with E-state index in [4.69, 9.17) is 10.9 Å². The van der Waals surface area contributed by atoms with Crippen LogP contribution in [0.4, 0.5) is 11.4 Å². The predicted molar refractivity (Wildman–Crippen MR) is 77.5 cm³/mol. The second-order valence-corrected chi connectivity index (χ2v) is 6.21. The van der Waals surface area contributed by atoms with Gasteiger partial charge < -0.3 is 10.6 Å². The minimum Gasteiger partial charge on any atom is -0.397 e. The topological polar surface area (TPSA) is 107 Å². The molecule has 4 N–H and O–H groups in total. The van der Waals surface area contributed by atoms with Gasteiger partial charge in [-0.1, -0.05) is 0 Å². The highest BCUT2D eigenvalue weighted by Crippen LogP contribution is 2.26. The summed E-state index contributed by atoms with van der Waals surface area (Å²) in [5.41, 5.74) is 8.03. The quantitative estimate of drug-likeness (QED) is 0.788. The highest BCUT2D eigenvalue weighted by molar-refractivity contribution is 7.89. The van der Waals surface area contributed by atoms with Crippen molar-refractivity contribution >= 4 is 21.4 Å². The van der Waals surface area contributed by atoms with Crippen molar-refractivity contribution in [2.24, 2.45) is 12.2 Å². The first-order valence-corrected chi connectivity index (χ1v) is 7.43. The molecule has 2 rings (SSSR count). The highest BCUT2D eigenvalue weighted by atomic mass is 32.2. The number of anilines is 2. The number of nitrogen functional groups attached to an aromatic ring is 1. The van der Waals surface area contributed by atoms with Crippen LogP contribution in [-0.2, 0) is 23.6 Å². The maximum absolute atomic E-state index is 11.3. The van der Waals surface area contributed by atoms with E-state index in [9.17, 15) is 8.42 Å². The molecule has 0 bridgehead atoms. The number of aromatic nitrogens is 2. The van der Waals surface area contributed by atoms with Gasteiger partial charge in [-0.3, -0.25) is 4.68 Å². The molecule has 20 heavy (non-hydrogen) atoms. The zero-order chi connectivity index (χ0) is 14.9. The van der Waals surface area contributed by atoms with Crippen LogP contribution in [0.1, 0.15) is 5.56 Å². The lowest BCUT2D eigenvalue weighted by atomic mass is 10.2. The van der Waals surface area contributed by atoms with Crippen molar-refractivity contribution in [1.29, 1.82) is 0 Å². The molecule has 0 unspecified atom stereocenters. The van der Waals surface area contributed by atoms with E-state index >= 15 is 0 Å². The fraction of sp³-hybridized carbons (Fsp3) is 0.250. The van der Waals surface area contributed by atoms with E-state index in [1.807, 2.05) is 25.2 Å². The summed E-state index contributed by atoms with van der Waals surface area (Å²) in [6, 6.07) is 4.45. The van der Waals surface area contributed by atoms with Gasteiger partial charge in [-0.15, -0.1) is 0 Å². The summed E-state index contributed by atoms with van der Waals surface area (Å²) in [7, 11) is -0.0188. The van der Waals surface area contributed by atoms with Crippen LogP contribution in [0.2, 0.25) is 0 Å². The standard InChI is InChI=1S/C12H17N5O2S/c1-16(7-9-6-15-17(2)8-9)12-4-3-10(5-11(12)13)20(14,18)19/h3-6,8H,7,13H2,1-2H3,(H2,14,18,19). The Kier molecular flexibility index (Phi) is 3.69. The van der Waals surface area contributed by atoms with Crippen molar-refractivity contribution in [2.75, 3.05) is 17.7 Å². The molecule has 0 spiro atoms. The Morgan fingerprint density at radius 2 is 2.10 bits per heavy atom. The highest BCUT2D eigenvalue weighted by Gasteiger charge is 2.12. The first-order chi connectivity index (χ1) is 9.27. The Morgan fingerprint density at radius 1 is 1.40 bits per heavy atom. The van der Waals surface area contributed by atoms with Crippen molar-refractivity contribution in [3.8, 4) is 0 Å². The second-order valence-electron chi connectivity index (χ2n) is 4.64. The van der Waals surface area contributed by atoms with Gasteiger partial charge in [0.2, 0.25) is 10.0 Å². The number of hydrogen-bond acceptors (Lipinski definition) is 5. The van der Waals surface area contributed by atoms with E-state index in [1.165, 1.54) is 12.1 Å². The number of nitrogens with two attached hydrogens (primary N) is 2. The molecule has 0 aliphatic carbocycles. The molecular weight excluding hydrogens is 278 g/mol. The smallest absolute Gasteiger partial charge is 0.238 e. The van der Waals surface area contributed by atoms with Gasteiger partial charge in [-0.05, 0) is 18.2 Å². The Morgan fingerprint density at radius 3 is 2.60 bits per heavy atom. The summed E-state index contributed by atoms with van der Waals surface area (Å²) in [4.78, 5) is 1.92. The van der Waals surface area contributed by atoms with Crippen molar-refractivity contribution in [3.05, 3.63) is 36.2 Å². The van der Waals surface area contributed by atoms with E-state index in [2.05, 4.69) is 5.10 Å². The molecule has 0 atom stereocenters. The number of nitrogens with zero attached hydrogens (tertiary/aromatic N) is 3. The minimum absolute atomic E-state index is 0.00790. The summed E-state index contributed by atoms with van der Waals surface area (Å²) >= 11 is 0. The molecule has 0 amide bonds. The molecule has 1 heterocycles. The van der Waals surface area contributed by atoms with Crippen molar-refractivity contribution in [3.63, 3.8) is 0 Å². The summed E-state index contributed by atoms with van der Waals surface area (Å²) in [5.74, 6) is 0. The van der Waals surface area contributed by atoms with Crippen LogP contribution in [0.15, 0.2) is 35.5 Å². The molecule has 7 nitrogen and oxygen atoms in total. The Hall–Kier alpha value is -2.06. The Labute approximate surface area is 117 Å². The molecular formula is C12H17N5O2S. The lowest BCUT2D eigenvalue weighted by Crippen LogP contribution is -2.18. The first kappa shape index (κ1) is 14.4. The Balaban J connectivity index is 2.24. The number of primary sulfonamides is 1. The average Bonchev–Trinajstić information content (AvgIpc) is 2.73. The maximum atomic E-state index is 11.3. The van der Waals surface area contributed by atoms with E-state index in [1.54, 1.807) is 16.9 Å². The molecule has 108 valence electrons. The fourth-order valence-corrected chi connectivity index (χ4v) is 2.52. The molecule has 0 fully saturated rings. The van der Waals surface area contributed by atoms with E-state index in [-0.39, 0.29) is 4.90 Å². The monoisotopic (exact) mass is 295 g/mol. The minimum atomic E-state index is -3.74. The summed E-state index contributed by atoms with van der Waals surface area (Å²) in [5, 5.41) is 9.17. The molecule has 2 aromatic rings. The van der Waals surface area contributed by atoms with Gasteiger partial charge >= 0.3 is 0 Å². The van der Waals surface area contributed by atoms with E-state index in [0.29, 0.717) is 12.2 Å². The van der Waals surface area contributed by atoms with Gasteiger partial charge in [0.1, 0.15) is 0 Å². The second kappa shape index (κ2) is 5.14. The van der Waals surface area contributed by atoms with Crippen LogP contribution in [0.25, 0.3) is 0 Å².